The van der Waals surface area contributed by atoms with Gasteiger partial charge in [0, 0.05) is 11.3 Å². The maximum atomic E-state index is 8.72. The van der Waals surface area contributed by atoms with Crippen LogP contribution in [0.25, 0.3) is 0 Å². The molecule has 0 bridgehead atoms. The van der Waals surface area contributed by atoms with E-state index in [1.165, 1.54) is 24.1 Å². The molecule has 2 nitrogen and oxygen atoms in total. The summed E-state index contributed by atoms with van der Waals surface area (Å²) < 4.78 is 0. The fraction of sp³-hybridized carbons (Fsp3) is 0.190. The van der Waals surface area contributed by atoms with E-state index >= 15 is 0 Å². The van der Waals surface area contributed by atoms with Crippen molar-refractivity contribution < 1.29 is 0 Å². The molecule has 1 heterocycles. The molecule has 0 spiro atoms. The van der Waals surface area contributed by atoms with Gasteiger partial charge in [0.1, 0.15) is 0 Å². The van der Waals surface area contributed by atoms with Crippen LogP contribution in [0, 0.1) is 46.9 Å². The third-order valence-corrected chi connectivity index (χ3v) is 3.72. The van der Waals surface area contributed by atoms with Gasteiger partial charge in [-0.05, 0) is 91.2 Å². The summed E-state index contributed by atoms with van der Waals surface area (Å²) >= 11 is 0. The van der Waals surface area contributed by atoms with Gasteiger partial charge in [-0.2, -0.15) is 5.26 Å². The van der Waals surface area contributed by atoms with E-state index in [-0.39, 0.29) is 0 Å². The minimum Gasteiger partial charge on any atom is -0.352 e. The fourth-order valence-corrected chi connectivity index (χ4v) is 2.56. The van der Waals surface area contributed by atoms with Gasteiger partial charge >= 0.3 is 0 Å². The van der Waals surface area contributed by atoms with Crippen molar-refractivity contribution in [2.24, 2.45) is 0 Å². The molecule has 0 radical (unpaired) electrons. The van der Waals surface area contributed by atoms with Gasteiger partial charge in [0.2, 0.25) is 0 Å². The van der Waals surface area contributed by atoms with Crippen LogP contribution >= 0.6 is 0 Å². The maximum Gasteiger partial charge on any atom is 0.0991 e. The van der Waals surface area contributed by atoms with E-state index in [0.29, 0.717) is 5.56 Å². The molecule has 0 amide bonds. The lowest BCUT2D eigenvalue weighted by Gasteiger charge is -2.08. The Hall–Kier alpha value is -3.33. The van der Waals surface area contributed by atoms with Crippen molar-refractivity contribution in [3.8, 4) is 41.6 Å². The highest BCUT2D eigenvalue weighted by Crippen LogP contribution is 2.20. The molecule has 108 valence electrons. The van der Waals surface area contributed by atoms with Gasteiger partial charge in [0.05, 0.1) is 17.3 Å². The van der Waals surface area contributed by atoms with E-state index in [4.69, 9.17) is 5.26 Å². The Morgan fingerprint density at radius 3 is 2.26 bits per heavy atom. The van der Waals surface area contributed by atoms with Crippen LogP contribution in [0.4, 0.5) is 0 Å². The zero-order valence-corrected chi connectivity index (χ0v) is 12.7. The SMILES string of the molecule is N#Cc1ccc(C#CC#CC#Cc2cc3c([nH]2)CCCC3)cc1. The molecule has 0 saturated carbocycles. The second-order valence-electron chi connectivity index (χ2n) is 5.33. The first-order valence-corrected chi connectivity index (χ1v) is 7.58. The van der Waals surface area contributed by atoms with Gasteiger partial charge in [-0.3, -0.25) is 0 Å². The summed E-state index contributed by atoms with van der Waals surface area (Å²) in [6.45, 7) is 0. The van der Waals surface area contributed by atoms with Crippen LogP contribution in [-0.4, -0.2) is 4.98 Å². The molecule has 1 aliphatic rings. The van der Waals surface area contributed by atoms with E-state index in [9.17, 15) is 0 Å². The van der Waals surface area contributed by atoms with Crippen molar-refractivity contribution in [1.82, 2.24) is 4.98 Å². The predicted octanol–water partition coefficient (Wildman–Crippen LogP) is 3.17. The fourth-order valence-electron chi connectivity index (χ4n) is 2.56. The van der Waals surface area contributed by atoms with E-state index < -0.39 is 0 Å². The van der Waals surface area contributed by atoms with Crippen LogP contribution in [0.1, 0.15) is 40.9 Å². The van der Waals surface area contributed by atoms with Crippen LogP contribution < -0.4 is 0 Å². The molecule has 2 aromatic rings. The lowest BCUT2D eigenvalue weighted by atomic mass is 9.98. The van der Waals surface area contributed by atoms with Crippen LogP contribution in [0.5, 0.6) is 0 Å². The molecule has 0 unspecified atom stereocenters. The summed E-state index contributed by atoms with van der Waals surface area (Å²) in [6.07, 6.45) is 4.79. The Morgan fingerprint density at radius 2 is 1.52 bits per heavy atom. The lowest BCUT2D eigenvalue weighted by molar-refractivity contribution is 0.677. The van der Waals surface area contributed by atoms with Crippen molar-refractivity contribution in [2.45, 2.75) is 25.7 Å². The predicted molar refractivity (Wildman–Crippen MR) is 90.1 cm³/mol. The summed E-state index contributed by atoms with van der Waals surface area (Å²) in [6, 6.07) is 11.3. The second kappa shape index (κ2) is 7.09. The molecule has 23 heavy (non-hydrogen) atoms. The molecule has 1 aromatic carbocycles. The highest BCUT2D eigenvalue weighted by atomic mass is 14.7. The molecule has 1 aromatic heterocycles. The molecule has 0 saturated heterocycles. The normalized spacial score (nSPS) is 11.4. The molecule has 2 heteroatoms. The smallest absolute Gasteiger partial charge is 0.0991 e. The van der Waals surface area contributed by atoms with Gasteiger partial charge < -0.3 is 4.98 Å². The molecule has 1 aliphatic carbocycles. The number of nitriles is 1. The summed E-state index contributed by atoms with van der Waals surface area (Å²) in [5.41, 5.74) is 5.12. The largest absolute Gasteiger partial charge is 0.352 e. The second-order valence-corrected chi connectivity index (χ2v) is 5.33. The minimum atomic E-state index is 0.626. The van der Waals surface area contributed by atoms with Crippen LogP contribution in [0.15, 0.2) is 30.3 Å². The quantitative estimate of drug-likeness (QED) is 0.745. The Labute approximate surface area is 136 Å². The van der Waals surface area contributed by atoms with Crippen molar-refractivity contribution in [3.05, 3.63) is 58.4 Å². The number of fused-ring (bicyclic) bond motifs is 1. The number of nitrogens with zero attached hydrogens (tertiary/aromatic N) is 1. The number of hydrogen-bond donors (Lipinski definition) is 1. The number of rotatable bonds is 0. The van der Waals surface area contributed by atoms with E-state index in [1.807, 2.05) is 12.1 Å². The number of aromatic amines is 1. The Balaban J connectivity index is 1.64. The summed E-state index contributed by atoms with van der Waals surface area (Å²) in [4.78, 5) is 3.36. The first-order valence-electron chi connectivity index (χ1n) is 7.58. The average Bonchev–Trinajstić information content (AvgIpc) is 3.01. The lowest BCUT2D eigenvalue weighted by Crippen LogP contribution is -1.99. The number of aromatic nitrogens is 1. The van der Waals surface area contributed by atoms with Crippen molar-refractivity contribution >= 4 is 0 Å². The van der Waals surface area contributed by atoms with Crippen LogP contribution in [-0.2, 0) is 12.8 Å². The average molecular weight is 294 g/mol. The van der Waals surface area contributed by atoms with Gasteiger partial charge in [-0.15, -0.1) is 0 Å². The van der Waals surface area contributed by atoms with Gasteiger partial charge in [-0.1, -0.05) is 5.92 Å². The van der Waals surface area contributed by atoms with Gasteiger partial charge in [0.25, 0.3) is 0 Å². The topological polar surface area (TPSA) is 39.6 Å². The number of hydrogen-bond acceptors (Lipinski definition) is 1. The summed E-state index contributed by atoms with van der Waals surface area (Å²) in [7, 11) is 0. The molecule has 0 fully saturated rings. The zero-order valence-electron chi connectivity index (χ0n) is 12.7. The highest BCUT2D eigenvalue weighted by molar-refractivity contribution is 5.46. The number of H-pyrrole nitrogens is 1. The number of benzene rings is 1. The standard InChI is InChI=1S/C21H14N2/c22-16-18-13-11-17(12-14-18)7-3-1-2-4-9-20-15-19-8-5-6-10-21(19)23-20/h11-15,23H,5-6,8,10H2. The van der Waals surface area contributed by atoms with Crippen LogP contribution in [0.3, 0.4) is 0 Å². The summed E-state index contributed by atoms with van der Waals surface area (Å²) in [5.74, 6) is 17.0. The monoisotopic (exact) mass is 294 g/mol. The molecule has 1 N–H and O–H groups in total. The first kappa shape index (κ1) is 14.6. The van der Waals surface area contributed by atoms with Crippen molar-refractivity contribution in [3.63, 3.8) is 0 Å². The van der Waals surface area contributed by atoms with E-state index in [1.54, 1.807) is 12.1 Å². The zero-order chi connectivity index (χ0) is 15.9. The molecule has 0 aliphatic heterocycles. The van der Waals surface area contributed by atoms with Gasteiger partial charge in [-0.25, -0.2) is 0 Å². The number of aryl methyl sites for hydroxylation is 2. The Kier molecular flexibility index (Phi) is 4.50. The molecular formula is C21H14N2. The summed E-state index contributed by atoms with van der Waals surface area (Å²) in [5, 5.41) is 8.72. The van der Waals surface area contributed by atoms with Crippen molar-refractivity contribution in [1.29, 1.82) is 5.26 Å². The Bertz CT molecular complexity index is 910. The first-order chi connectivity index (χ1) is 11.3. The minimum absolute atomic E-state index is 0.626. The molecule has 3 rings (SSSR count). The van der Waals surface area contributed by atoms with Crippen molar-refractivity contribution in [2.75, 3.05) is 0 Å². The molecule has 0 atom stereocenters. The van der Waals surface area contributed by atoms with Gasteiger partial charge in [0.15, 0.2) is 0 Å². The maximum absolute atomic E-state index is 8.72. The number of nitrogens with one attached hydrogen (secondary N) is 1. The third kappa shape index (κ3) is 3.86. The van der Waals surface area contributed by atoms with Crippen LogP contribution in [0.2, 0.25) is 0 Å². The van der Waals surface area contributed by atoms with E-state index in [2.05, 4.69) is 52.6 Å². The van der Waals surface area contributed by atoms with E-state index in [0.717, 1.165) is 24.1 Å². The third-order valence-electron chi connectivity index (χ3n) is 3.72. The highest BCUT2D eigenvalue weighted by Gasteiger charge is 2.11. The Morgan fingerprint density at radius 1 is 0.826 bits per heavy atom. The molecular weight excluding hydrogens is 280 g/mol.